The van der Waals surface area contributed by atoms with Gasteiger partial charge in [0.2, 0.25) is 0 Å². The zero-order chi connectivity index (χ0) is 17.6. The molecule has 132 valence electrons. The summed E-state index contributed by atoms with van der Waals surface area (Å²) in [4.78, 5) is 12.6. The molecule has 0 bridgehead atoms. The van der Waals surface area contributed by atoms with Crippen molar-refractivity contribution in [2.75, 3.05) is 13.2 Å². The zero-order valence-electron chi connectivity index (χ0n) is 14.5. The summed E-state index contributed by atoms with van der Waals surface area (Å²) < 4.78 is 16.9. The Morgan fingerprint density at radius 2 is 1.84 bits per heavy atom. The maximum Gasteiger partial charge on any atom is 0.261 e. The Bertz CT molecular complexity index is 717. The van der Waals surface area contributed by atoms with Gasteiger partial charge < -0.3 is 19.5 Å². The number of hydrogen-bond donors (Lipinski definition) is 1. The molecule has 1 aliphatic heterocycles. The van der Waals surface area contributed by atoms with Gasteiger partial charge in [0.05, 0.1) is 6.04 Å². The molecule has 0 saturated carbocycles. The summed E-state index contributed by atoms with van der Waals surface area (Å²) in [6, 6.07) is 15.0. The first kappa shape index (κ1) is 17.1. The number of ether oxygens (including phenoxy) is 3. The third-order valence-electron chi connectivity index (χ3n) is 4.11. The average molecular weight is 341 g/mol. The molecule has 0 unspecified atom stereocenters. The summed E-state index contributed by atoms with van der Waals surface area (Å²) in [6.07, 6.45) is 0.0660. The van der Waals surface area contributed by atoms with E-state index in [9.17, 15) is 4.79 Å². The summed E-state index contributed by atoms with van der Waals surface area (Å²) in [7, 11) is 0. The van der Waals surface area contributed by atoms with Gasteiger partial charge in [0.1, 0.15) is 19.0 Å². The van der Waals surface area contributed by atoms with E-state index in [0.29, 0.717) is 25.4 Å². The highest BCUT2D eigenvalue weighted by Gasteiger charge is 2.21. The van der Waals surface area contributed by atoms with Crippen molar-refractivity contribution < 1.29 is 19.0 Å². The minimum absolute atomic E-state index is 0.131. The van der Waals surface area contributed by atoms with Gasteiger partial charge in [-0.2, -0.15) is 0 Å². The Hall–Kier alpha value is -2.69. The van der Waals surface area contributed by atoms with Gasteiger partial charge in [-0.1, -0.05) is 31.2 Å². The second-order valence-corrected chi connectivity index (χ2v) is 5.96. The normalized spacial score (nSPS) is 15.1. The molecule has 25 heavy (non-hydrogen) atoms. The third kappa shape index (κ3) is 4.24. The van der Waals surface area contributed by atoms with Crippen LogP contribution in [-0.2, 0) is 4.79 Å². The lowest BCUT2D eigenvalue weighted by atomic mass is 10.1. The molecule has 0 radical (unpaired) electrons. The van der Waals surface area contributed by atoms with Gasteiger partial charge in [0.15, 0.2) is 17.6 Å². The highest BCUT2D eigenvalue weighted by Crippen LogP contribution is 2.32. The SMILES string of the molecule is CC[C@H](Oc1ccccc1)C(=O)N[C@H](C)c1ccc2c(c1)OCCO2. The molecule has 0 saturated heterocycles. The maximum atomic E-state index is 12.6. The van der Waals surface area contributed by atoms with E-state index < -0.39 is 6.10 Å². The van der Waals surface area contributed by atoms with Gasteiger partial charge in [-0.05, 0) is 43.2 Å². The van der Waals surface area contributed by atoms with Crippen molar-refractivity contribution >= 4 is 5.91 Å². The van der Waals surface area contributed by atoms with Gasteiger partial charge in [0.25, 0.3) is 5.91 Å². The van der Waals surface area contributed by atoms with E-state index in [1.54, 1.807) is 0 Å². The summed E-state index contributed by atoms with van der Waals surface area (Å²) in [5.74, 6) is 2.02. The van der Waals surface area contributed by atoms with Crippen molar-refractivity contribution in [2.45, 2.75) is 32.4 Å². The van der Waals surface area contributed by atoms with Crippen LogP contribution in [0.15, 0.2) is 48.5 Å². The standard InChI is InChI=1S/C20H23NO4/c1-3-17(25-16-7-5-4-6-8-16)20(22)21-14(2)15-9-10-18-19(13-15)24-12-11-23-18/h4-10,13-14,17H,3,11-12H2,1-2H3,(H,21,22)/t14-,17+/m1/s1. The van der Waals surface area contributed by atoms with E-state index in [4.69, 9.17) is 14.2 Å². The number of carbonyl (C=O) groups is 1. The number of fused-ring (bicyclic) bond motifs is 1. The first-order chi connectivity index (χ1) is 12.2. The Kier molecular flexibility index (Phi) is 5.43. The number of hydrogen-bond acceptors (Lipinski definition) is 4. The van der Waals surface area contributed by atoms with Gasteiger partial charge in [0, 0.05) is 0 Å². The van der Waals surface area contributed by atoms with E-state index >= 15 is 0 Å². The van der Waals surface area contributed by atoms with E-state index in [0.717, 1.165) is 17.1 Å². The number of nitrogens with one attached hydrogen (secondary N) is 1. The van der Waals surface area contributed by atoms with Crippen LogP contribution in [0.3, 0.4) is 0 Å². The molecular formula is C20H23NO4. The van der Waals surface area contributed by atoms with Crippen LogP contribution in [0.25, 0.3) is 0 Å². The molecule has 1 amide bonds. The van der Waals surface area contributed by atoms with Crippen molar-refractivity contribution in [3.8, 4) is 17.2 Å². The number of benzene rings is 2. The van der Waals surface area contributed by atoms with E-state index in [1.807, 2.05) is 62.4 Å². The fourth-order valence-electron chi connectivity index (χ4n) is 2.70. The smallest absolute Gasteiger partial charge is 0.261 e. The van der Waals surface area contributed by atoms with Crippen LogP contribution in [0.1, 0.15) is 31.9 Å². The Balaban J connectivity index is 1.64. The van der Waals surface area contributed by atoms with Gasteiger partial charge in [-0.25, -0.2) is 0 Å². The Morgan fingerprint density at radius 1 is 1.12 bits per heavy atom. The molecular weight excluding hydrogens is 318 g/mol. The van der Waals surface area contributed by atoms with Gasteiger partial charge in [-0.3, -0.25) is 4.79 Å². The zero-order valence-corrected chi connectivity index (χ0v) is 14.5. The molecule has 2 aromatic rings. The van der Waals surface area contributed by atoms with Crippen molar-refractivity contribution in [3.63, 3.8) is 0 Å². The molecule has 1 aliphatic rings. The predicted molar refractivity (Wildman–Crippen MR) is 95.1 cm³/mol. The van der Waals surface area contributed by atoms with E-state index in [2.05, 4.69) is 5.32 Å². The number of amides is 1. The van der Waals surface area contributed by atoms with Crippen LogP contribution in [0, 0.1) is 0 Å². The monoisotopic (exact) mass is 341 g/mol. The maximum absolute atomic E-state index is 12.6. The van der Waals surface area contributed by atoms with Crippen LogP contribution >= 0.6 is 0 Å². The van der Waals surface area contributed by atoms with Crippen LogP contribution in [0.4, 0.5) is 0 Å². The number of rotatable bonds is 6. The van der Waals surface area contributed by atoms with Crippen molar-refractivity contribution in [2.24, 2.45) is 0 Å². The summed E-state index contributed by atoms with van der Waals surface area (Å²) >= 11 is 0. The summed E-state index contributed by atoms with van der Waals surface area (Å²) in [5, 5.41) is 3.01. The molecule has 5 heteroatoms. The van der Waals surface area contributed by atoms with Gasteiger partial charge in [-0.15, -0.1) is 0 Å². The molecule has 0 aliphatic carbocycles. The summed E-state index contributed by atoms with van der Waals surface area (Å²) in [6.45, 7) is 4.98. The van der Waals surface area contributed by atoms with Crippen LogP contribution < -0.4 is 19.5 Å². The van der Waals surface area contributed by atoms with Crippen LogP contribution in [-0.4, -0.2) is 25.2 Å². The highest BCUT2D eigenvalue weighted by atomic mass is 16.6. The van der Waals surface area contributed by atoms with Gasteiger partial charge >= 0.3 is 0 Å². The molecule has 5 nitrogen and oxygen atoms in total. The molecule has 0 aromatic heterocycles. The fourth-order valence-corrected chi connectivity index (χ4v) is 2.70. The second-order valence-electron chi connectivity index (χ2n) is 5.96. The van der Waals surface area contributed by atoms with Crippen molar-refractivity contribution in [1.29, 1.82) is 0 Å². The van der Waals surface area contributed by atoms with E-state index in [1.165, 1.54) is 0 Å². The third-order valence-corrected chi connectivity index (χ3v) is 4.11. The molecule has 1 heterocycles. The summed E-state index contributed by atoms with van der Waals surface area (Å²) in [5.41, 5.74) is 0.965. The minimum atomic E-state index is -0.526. The molecule has 0 spiro atoms. The Labute approximate surface area is 147 Å². The van der Waals surface area contributed by atoms with E-state index in [-0.39, 0.29) is 11.9 Å². The number of para-hydroxylation sites is 1. The van der Waals surface area contributed by atoms with Crippen LogP contribution in [0.2, 0.25) is 0 Å². The lowest BCUT2D eigenvalue weighted by Gasteiger charge is -2.23. The highest BCUT2D eigenvalue weighted by molar-refractivity contribution is 5.81. The first-order valence-electron chi connectivity index (χ1n) is 8.59. The average Bonchev–Trinajstić information content (AvgIpc) is 2.66. The predicted octanol–water partition coefficient (Wildman–Crippen LogP) is 3.49. The molecule has 0 fully saturated rings. The lowest BCUT2D eigenvalue weighted by molar-refractivity contribution is -0.128. The van der Waals surface area contributed by atoms with Crippen molar-refractivity contribution in [1.82, 2.24) is 5.32 Å². The largest absolute Gasteiger partial charge is 0.486 e. The molecule has 1 N–H and O–H groups in total. The lowest BCUT2D eigenvalue weighted by Crippen LogP contribution is -2.39. The second kappa shape index (κ2) is 7.92. The quantitative estimate of drug-likeness (QED) is 0.874. The molecule has 3 rings (SSSR count). The van der Waals surface area contributed by atoms with Crippen LogP contribution in [0.5, 0.6) is 17.2 Å². The topological polar surface area (TPSA) is 56.8 Å². The molecule has 2 atom stereocenters. The first-order valence-corrected chi connectivity index (χ1v) is 8.59. The molecule has 2 aromatic carbocycles. The fraction of sp³-hybridized carbons (Fsp3) is 0.350. The Morgan fingerprint density at radius 3 is 2.56 bits per heavy atom. The minimum Gasteiger partial charge on any atom is -0.486 e. The number of carbonyl (C=O) groups excluding carboxylic acids is 1. The van der Waals surface area contributed by atoms with Crippen molar-refractivity contribution in [3.05, 3.63) is 54.1 Å².